The first-order valence-electron chi connectivity index (χ1n) is 6.33. The molecule has 3 rings (SSSR count). The number of ether oxygens (including phenoxy) is 1. The minimum absolute atomic E-state index is 0.818. The zero-order valence-corrected chi connectivity index (χ0v) is 11.1. The Labute approximate surface area is 112 Å². The molecule has 0 bridgehead atoms. The highest BCUT2D eigenvalue weighted by Gasteiger charge is 2.05. The third-order valence-corrected chi connectivity index (χ3v) is 3.19. The van der Waals surface area contributed by atoms with Gasteiger partial charge in [-0.2, -0.15) is 0 Å². The predicted molar refractivity (Wildman–Crippen MR) is 76.6 cm³/mol. The van der Waals surface area contributed by atoms with E-state index in [9.17, 15) is 0 Å². The van der Waals surface area contributed by atoms with Crippen molar-refractivity contribution in [3.05, 3.63) is 59.4 Å². The molecule has 19 heavy (non-hydrogen) atoms. The molecule has 3 aromatic rings. The first kappa shape index (κ1) is 11.8. The first-order chi connectivity index (χ1) is 9.24. The second-order valence-electron chi connectivity index (χ2n) is 4.73. The smallest absolute Gasteiger partial charge is 0.121 e. The minimum atomic E-state index is 0.818. The number of methoxy groups -OCH3 is 1. The van der Waals surface area contributed by atoms with E-state index in [4.69, 9.17) is 4.74 Å². The molecule has 0 saturated carbocycles. The summed E-state index contributed by atoms with van der Waals surface area (Å²) < 4.78 is 5.22. The van der Waals surface area contributed by atoms with Crippen LogP contribution in [0.25, 0.3) is 11.0 Å². The summed E-state index contributed by atoms with van der Waals surface area (Å²) in [5, 5.41) is 0. The van der Waals surface area contributed by atoms with Crippen LogP contribution in [0.2, 0.25) is 0 Å². The Morgan fingerprint density at radius 3 is 2.84 bits per heavy atom. The summed E-state index contributed by atoms with van der Waals surface area (Å²) in [6.45, 7) is 2.10. The van der Waals surface area contributed by atoms with Crippen molar-refractivity contribution in [3.63, 3.8) is 0 Å². The van der Waals surface area contributed by atoms with Gasteiger partial charge in [-0.05, 0) is 24.6 Å². The number of benzene rings is 2. The van der Waals surface area contributed by atoms with Crippen LogP contribution in [0, 0.1) is 6.92 Å². The molecule has 0 saturated heterocycles. The van der Waals surface area contributed by atoms with Crippen LogP contribution in [0.3, 0.4) is 0 Å². The van der Waals surface area contributed by atoms with Crippen LogP contribution in [0.4, 0.5) is 0 Å². The molecule has 1 aromatic heterocycles. The van der Waals surface area contributed by atoms with Gasteiger partial charge in [-0.1, -0.05) is 29.8 Å². The summed E-state index contributed by atoms with van der Waals surface area (Å²) in [6, 6.07) is 14.4. The zero-order valence-electron chi connectivity index (χ0n) is 11.1. The number of hydrogen-bond acceptors (Lipinski definition) is 2. The van der Waals surface area contributed by atoms with E-state index in [1.54, 1.807) is 7.11 Å². The summed E-state index contributed by atoms with van der Waals surface area (Å²) in [6.07, 6.45) is 0.818. The number of nitrogens with zero attached hydrogens (tertiary/aromatic N) is 1. The number of imidazole rings is 1. The maximum Gasteiger partial charge on any atom is 0.121 e. The summed E-state index contributed by atoms with van der Waals surface area (Å²) in [7, 11) is 1.67. The normalized spacial score (nSPS) is 10.8. The Hall–Kier alpha value is -2.29. The van der Waals surface area contributed by atoms with Gasteiger partial charge in [-0.25, -0.2) is 4.98 Å². The highest BCUT2D eigenvalue weighted by atomic mass is 16.5. The quantitative estimate of drug-likeness (QED) is 0.775. The molecule has 96 valence electrons. The van der Waals surface area contributed by atoms with Gasteiger partial charge >= 0.3 is 0 Å². The highest BCUT2D eigenvalue weighted by molar-refractivity contribution is 5.76. The molecule has 0 spiro atoms. The van der Waals surface area contributed by atoms with Crippen molar-refractivity contribution in [3.8, 4) is 5.75 Å². The van der Waals surface area contributed by atoms with Gasteiger partial charge in [0, 0.05) is 12.5 Å². The van der Waals surface area contributed by atoms with Crippen LogP contribution >= 0.6 is 0 Å². The van der Waals surface area contributed by atoms with Crippen molar-refractivity contribution in [2.24, 2.45) is 0 Å². The van der Waals surface area contributed by atoms with Gasteiger partial charge in [-0.3, -0.25) is 0 Å². The molecular formula is C16H16N2O. The fourth-order valence-corrected chi connectivity index (χ4v) is 2.27. The van der Waals surface area contributed by atoms with E-state index in [0.29, 0.717) is 0 Å². The Bertz CT molecular complexity index is 716. The van der Waals surface area contributed by atoms with E-state index >= 15 is 0 Å². The lowest BCUT2D eigenvalue weighted by molar-refractivity contribution is 0.415. The fourth-order valence-electron chi connectivity index (χ4n) is 2.27. The van der Waals surface area contributed by atoms with Crippen molar-refractivity contribution < 1.29 is 4.74 Å². The van der Waals surface area contributed by atoms with Crippen molar-refractivity contribution in [2.45, 2.75) is 13.3 Å². The molecule has 0 aliphatic heterocycles. The van der Waals surface area contributed by atoms with E-state index in [0.717, 1.165) is 29.0 Å². The molecule has 0 unspecified atom stereocenters. The van der Waals surface area contributed by atoms with E-state index in [1.165, 1.54) is 11.1 Å². The second-order valence-corrected chi connectivity index (χ2v) is 4.73. The molecule has 3 heteroatoms. The number of aromatic amines is 1. The van der Waals surface area contributed by atoms with Gasteiger partial charge in [0.05, 0.1) is 18.1 Å². The van der Waals surface area contributed by atoms with Crippen LogP contribution in [0.15, 0.2) is 42.5 Å². The SMILES string of the molecule is COc1ccc2nc(Cc3cccc(C)c3)[nH]c2c1. The number of hydrogen-bond donors (Lipinski definition) is 1. The zero-order chi connectivity index (χ0) is 13.2. The number of nitrogens with one attached hydrogen (secondary N) is 1. The third-order valence-electron chi connectivity index (χ3n) is 3.19. The number of H-pyrrole nitrogens is 1. The van der Waals surface area contributed by atoms with Gasteiger partial charge < -0.3 is 9.72 Å². The van der Waals surface area contributed by atoms with Crippen LogP contribution in [-0.2, 0) is 6.42 Å². The molecule has 1 heterocycles. The standard InChI is InChI=1S/C16H16N2O/c1-11-4-3-5-12(8-11)9-16-17-14-7-6-13(19-2)10-15(14)18-16/h3-8,10H,9H2,1-2H3,(H,17,18). The van der Waals surface area contributed by atoms with Crippen molar-refractivity contribution in [1.29, 1.82) is 0 Å². The predicted octanol–water partition coefficient (Wildman–Crippen LogP) is 3.47. The lowest BCUT2D eigenvalue weighted by atomic mass is 10.1. The first-order valence-corrected chi connectivity index (χ1v) is 6.33. The second kappa shape index (κ2) is 4.76. The topological polar surface area (TPSA) is 37.9 Å². The molecule has 0 radical (unpaired) electrons. The summed E-state index contributed by atoms with van der Waals surface area (Å²) >= 11 is 0. The Balaban J connectivity index is 1.93. The van der Waals surface area contributed by atoms with Crippen LogP contribution in [0.1, 0.15) is 17.0 Å². The van der Waals surface area contributed by atoms with E-state index < -0.39 is 0 Å². The average Bonchev–Trinajstić information content (AvgIpc) is 2.79. The summed E-state index contributed by atoms with van der Waals surface area (Å²) in [5.74, 6) is 1.83. The maximum absolute atomic E-state index is 5.22. The van der Waals surface area contributed by atoms with Gasteiger partial charge in [0.2, 0.25) is 0 Å². The molecule has 0 amide bonds. The number of rotatable bonds is 3. The van der Waals surface area contributed by atoms with Crippen LogP contribution in [0.5, 0.6) is 5.75 Å². The number of aryl methyl sites for hydroxylation is 1. The van der Waals surface area contributed by atoms with Gasteiger partial charge in [0.25, 0.3) is 0 Å². The number of fused-ring (bicyclic) bond motifs is 1. The highest BCUT2D eigenvalue weighted by Crippen LogP contribution is 2.19. The molecule has 0 fully saturated rings. The lowest BCUT2D eigenvalue weighted by Crippen LogP contribution is -1.90. The molecule has 0 atom stereocenters. The van der Waals surface area contributed by atoms with Gasteiger partial charge in [0.15, 0.2) is 0 Å². The minimum Gasteiger partial charge on any atom is -0.497 e. The molecule has 3 nitrogen and oxygen atoms in total. The molecule has 1 N–H and O–H groups in total. The van der Waals surface area contributed by atoms with Crippen LogP contribution in [-0.4, -0.2) is 17.1 Å². The Morgan fingerprint density at radius 1 is 1.16 bits per heavy atom. The third kappa shape index (κ3) is 2.45. The Kier molecular flexibility index (Phi) is 2.95. The Morgan fingerprint density at radius 2 is 2.05 bits per heavy atom. The maximum atomic E-state index is 5.22. The molecular weight excluding hydrogens is 236 g/mol. The largest absolute Gasteiger partial charge is 0.497 e. The number of aromatic nitrogens is 2. The van der Waals surface area contributed by atoms with Crippen molar-refractivity contribution in [1.82, 2.24) is 9.97 Å². The van der Waals surface area contributed by atoms with Crippen molar-refractivity contribution in [2.75, 3.05) is 7.11 Å². The molecule has 0 aliphatic rings. The van der Waals surface area contributed by atoms with Crippen LogP contribution < -0.4 is 4.74 Å². The van der Waals surface area contributed by atoms with Gasteiger partial charge in [-0.15, -0.1) is 0 Å². The average molecular weight is 252 g/mol. The monoisotopic (exact) mass is 252 g/mol. The lowest BCUT2D eigenvalue weighted by Gasteiger charge is -1.99. The van der Waals surface area contributed by atoms with E-state index in [1.807, 2.05) is 18.2 Å². The molecule has 0 aliphatic carbocycles. The fraction of sp³-hybridized carbons (Fsp3) is 0.188. The summed E-state index contributed by atoms with van der Waals surface area (Å²) in [5.41, 5.74) is 4.53. The van der Waals surface area contributed by atoms with Gasteiger partial charge in [0.1, 0.15) is 11.6 Å². The van der Waals surface area contributed by atoms with Crippen molar-refractivity contribution >= 4 is 11.0 Å². The molecule has 2 aromatic carbocycles. The van der Waals surface area contributed by atoms with E-state index in [2.05, 4.69) is 41.2 Å². The summed E-state index contributed by atoms with van der Waals surface area (Å²) in [4.78, 5) is 7.95. The van der Waals surface area contributed by atoms with E-state index in [-0.39, 0.29) is 0 Å².